The first-order valence-corrected chi connectivity index (χ1v) is 11.8. The minimum Gasteiger partial charge on any atom is -0.497 e. The Labute approximate surface area is 188 Å². The number of aromatic nitrogens is 1. The molecule has 3 rings (SSSR count). The summed E-state index contributed by atoms with van der Waals surface area (Å²) in [5.41, 5.74) is 2.95. The molecule has 1 heterocycles. The largest absolute Gasteiger partial charge is 0.497 e. The molecule has 0 aliphatic heterocycles. The van der Waals surface area contributed by atoms with Crippen LogP contribution in [0.1, 0.15) is 36.9 Å². The van der Waals surface area contributed by atoms with Gasteiger partial charge in [-0.25, -0.2) is 8.42 Å². The zero-order valence-corrected chi connectivity index (χ0v) is 19.5. The van der Waals surface area contributed by atoms with Gasteiger partial charge in [-0.05, 0) is 67.6 Å². The van der Waals surface area contributed by atoms with E-state index in [4.69, 9.17) is 14.5 Å². The fourth-order valence-corrected chi connectivity index (χ4v) is 4.79. The second-order valence-corrected chi connectivity index (χ2v) is 9.45. The Morgan fingerprint density at radius 3 is 2.41 bits per heavy atom. The topological polar surface area (TPSA) is 94.6 Å². The van der Waals surface area contributed by atoms with Crippen molar-refractivity contribution in [3.8, 4) is 5.75 Å². The van der Waals surface area contributed by atoms with Crippen molar-refractivity contribution >= 4 is 26.9 Å². The second-order valence-electron chi connectivity index (χ2n) is 7.73. The first-order valence-electron chi connectivity index (χ1n) is 10.4. The van der Waals surface area contributed by atoms with Gasteiger partial charge in [0.1, 0.15) is 11.8 Å². The van der Waals surface area contributed by atoms with Crippen molar-refractivity contribution in [2.75, 3.05) is 14.2 Å². The molecule has 8 heteroatoms. The summed E-state index contributed by atoms with van der Waals surface area (Å²) in [6.45, 7) is 4.06. The molecule has 2 atom stereocenters. The molecular formula is C24H28N2O5S. The van der Waals surface area contributed by atoms with E-state index >= 15 is 0 Å². The fourth-order valence-electron chi connectivity index (χ4n) is 3.57. The van der Waals surface area contributed by atoms with Crippen LogP contribution in [0.2, 0.25) is 0 Å². The summed E-state index contributed by atoms with van der Waals surface area (Å²) >= 11 is 0. The van der Waals surface area contributed by atoms with Crippen LogP contribution in [0, 0.1) is 6.92 Å². The highest BCUT2D eigenvalue weighted by Gasteiger charge is 2.27. The zero-order chi connectivity index (χ0) is 23.3. The number of para-hydroxylation sites is 1. The van der Waals surface area contributed by atoms with Gasteiger partial charge < -0.3 is 9.47 Å². The molecule has 0 aliphatic carbocycles. The SMILES string of the molecule is COC(=O)[C@H](CCC(C)c1cc(C)c2ccccc2n1)NS(=O)(=O)c1ccc(OC)cc1. The third-order valence-electron chi connectivity index (χ3n) is 5.49. The van der Waals surface area contributed by atoms with Crippen LogP contribution in [0.25, 0.3) is 10.9 Å². The third kappa shape index (κ3) is 5.44. The molecule has 0 saturated heterocycles. The van der Waals surface area contributed by atoms with Crippen LogP contribution in [-0.4, -0.2) is 39.6 Å². The van der Waals surface area contributed by atoms with Crippen LogP contribution in [0.4, 0.5) is 0 Å². The number of nitrogens with one attached hydrogen (secondary N) is 1. The van der Waals surface area contributed by atoms with Crippen LogP contribution < -0.4 is 9.46 Å². The lowest BCUT2D eigenvalue weighted by Gasteiger charge is -2.19. The van der Waals surface area contributed by atoms with Crippen molar-refractivity contribution in [1.29, 1.82) is 0 Å². The Morgan fingerprint density at radius 1 is 1.06 bits per heavy atom. The molecule has 2 aromatic carbocycles. The standard InChI is InChI=1S/C24H28N2O5S/c1-16(23-15-17(2)20-7-5-6-8-21(20)25-23)9-14-22(24(27)31-4)26-32(28,29)19-12-10-18(30-3)11-13-19/h5-8,10-13,15-16,22,26H,9,14H2,1-4H3/t16?,22-/m0/s1. The lowest BCUT2D eigenvalue weighted by Crippen LogP contribution is -2.41. The molecule has 0 amide bonds. The molecule has 1 unspecified atom stereocenters. The van der Waals surface area contributed by atoms with Gasteiger partial charge in [-0.3, -0.25) is 9.78 Å². The number of pyridine rings is 1. The van der Waals surface area contributed by atoms with Gasteiger partial charge in [-0.2, -0.15) is 4.72 Å². The molecule has 1 aromatic heterocycles. The molecule has 0 spiro atoms. The predicted molar refractivity (Wildman–Crippen MR) is 123 cm³/mol. The summed E-state index contributed by atoms with van der Waals surface area (Å²) in [4.78, 5) is 17.1. The summed E-state index contributed by atoms with van der Waals surface area (Å²) in [7, 11) is -1.16. The maximum Gasteiger partial charge on any atom is 0.323 e. The maximum absolute atomic E-state index is 12.8. The number of nitrogens with zero attached hydrogens (tertiary/aromatic N) is 1. The van der Waals surface area contributed by atoms with Crippen molar-refractivity contribution in [1.82, 2.24) is 9.71 Å². The molecule has 0 saturated carbocycles. The lowest BCUT2D eigenvalue weighted by atomic mass is 9.96. The van der Waals surface area contributed by atoms with Crippen LogP contribution in [0.15, 0.2) is 59.5 Å². The first kappa shape index (κ1) is 23.7. The summed E-state index contributed by atoms with van der Waals surface area (Å²) in [5, 5.41) is 1.10. The number of methoxy groups -OCH3 is 2. The van der Waals surface area contributed by atoms with E-state index in [-0.39, 0.29) is 17.2 Å². The summed E-state index contributed by atoms with van der Waals surface area (Å²) in [5.74, 6) is -0.0617. The van der Waals surface area contributed by atoms with Crippen molar-refractivity contribution in [2.45, 2.75) is 43.5 Å². The van der Waals surface area contributed by atoms with Gasteiger partial charge in [-0.1, -0.05) is 25.1 Å². The Hall–Kier alpha value is -2.97. The number of rotatable bonds is 9. The van der Waals surface area contributed by atoms with Gasteiger partial charge in [0.05, 0.1) is 24.6 Å². The average molecular weight is 457 g/mol. The lowest BCUT2D eigenvalue weighted by molar-refractivity contribution is -0.142. The third-order valence-corrected chi connectivity index (χ3v) is 6.98. The van der Waals surface area contributed by atoms with E-state index in [1.165, 1.54) is 26.4 Å². The zero-order valence-electron chi connectivity index (χ0n) is 18.7. The monoisotopic (exact) mass is 456 g/mol. The van der Waals surface area contributed by atoms with Gasteiger partial charge in [0, 0.05) is 11.1 Å². The number of carbonyl (C=O) groups excluding carboxylic acids is 1. The first-order chi connectivity index (χ1) is 15.2. The number of benzene rings is 2. The highest BCUT2D eigenvalue weighted by molar-refractivity contribution is 7.89. The smallest absolute Gasteiger partial charge is 0.323 e. The van der Waals surface area contributed by atoms with E-state index in [1.54, 1.807) is 12.1 Å². The van der Waals surface area contributed by atoms with E-state index in [0.29, 0.717) is 12.2 Å². The number of fused-ring (bicyclic) bond motifs is 1. The Balaban J connectivity index is 1.75. The van der Waals surface area contributed by atoms with Crippen molar-refractivity contribution in [3.63, 3.8) is 0 Å². The molecule has 0 aliphatic rings. The van der Waals surface area contributed by atoms with Gasteiger partial charge in [0.2, 0.25) is 10.0 Å². The molecule has 1 N–H and O–H groups in total. The minimum absolute atomic E-state index is 0.0240. The predicted octanol–water partition coefficient (Wildman–Crippen LogP) is 3.96. The number of aryl methyl sites for hydroxylation is 1. The molecular weight excluding hydrogens is 428 g/mol. The number of carbonyl (C=O) groups is 1. The van der Waals surface area contributed by atoms with Crippen LogP contribution in [-0.2, 0) is 19.6 Å². The van der Waals surface area contributed by atoms with Crippen molar-refractivity contribution in [3.05, 3.63) is 65.9 Å². The molecule has 3 aromatic rings. The van der Waals surface area contributed by atoms with Crippen molar-refractivity contribution in [2.24, 2.45) is 0 Å². The number of sulfonamides is 1. The second kappa shape index (κ2) is 10.1. The van der Waals surface area contributed by atoms with E-state index in [9.17, 15) is 13.2 Å². The molecule has 0 bridgehead atoms. The van der Waals surface area contributed by atoms with Crippen molar-refractivity contribution < 1.29 is 22.7 Å². The number of hydrogen-bond donors (Lipinski definition) is 1. The van der Waals surface area contributed by atoms with Gasteiger partial charge >= 0.3 is 5.97 Å². The van der Waals surface area contributed by atoms with Gasteiger partial charge in [0.25, 0.3) is 0 Å². The van der Waals surface area contributed by atoms with E-state index in [2.05, 4.69) is 4.72 Å². The molecule has 0 fully saturated rings. The summed E-state index contributed by atoms with van der Waals surface area (Å²) < 4.78 is 38.0. The van der Waals surface area contributed by atoms with E-state index in [0.717, 1.165) is 22.2 Å². The number of esters is 1. The Kier molecular flexibility index (Phi) is 7.48. The number of hydrogen-bond acceptors (Lipinski definition) is 6. The normalized spacial score (nSPS) is 13.5. The molecule has 32 heavy (non-hydrogen) atoms. The van der Waals surface area contributed by atoms with Gasteiger partial charge in [0.15, 0.2) is 0 Å². The number of ether oxygens (including phenoxy) is 2. The van der Waals surface area contributed by atoms with Crippen LogP contribution in [0.5, 0.6) is 5.75 Å². The quantitative estimate of drug-likeness (QED) is 0.490. The summed E-state index contributed by atoms with van der Waals surface area (Å²) in [6.07, 6.45) is 0.826. The fraction of sp³-hybridized carbons (Fsp3) is 0.333. The highest BCUT2D eigenvalue weighted by Crippen LogP contribution is 2.26. The van der Waals surface area contributed by atoms with Crippen LogP contribution in [0.3, 0.4) is 0 Å². The molecule has 7 nitrogen and oxygen atoms in total. The highest BCUT2D eigenvalue weighted by atomic mass is 32.2. The van der Waals surface area contributed by atoms with E-state index < -0.39 is 22.0 Å². The van der Waals surface area contributed by atoms with E-state index in [1.807, 2.05) is 44.2 Å². The maximum atomic E-state index is 12.8. The molecule has 0 radical (unpaired) electrons. The van der Waals surface area contributed by atoms with Gasteiger partial charge in [-0.15, -0.1) is 0 Å². The molecule has 170 valence electrons. The summed E-state index contributed by atoms with van der Waals surface area (Å²) in [6, 6.07) is 14.9. The minimum atomic E-state index is -3.91. The average Bonchev–Trinajstić information content (AvgIpc) is 2.81. The Bertz CT molecular complexity index is 1190. The Morgan fingerprint density at radius 2 is 1.75 bits per heavy atom. The van der Waals surface area contributed by atoms with Crippen LogP contribution >= 0.6 is 0 Å².